The average molecular weight is 304 g/mol. The molecule has 5 heteroatoms. The van der Waals surface area contributed by atoms with Gasteiger partial charge in [0, 0.05) is 26.1 Å². The zero-order chi connectivity index (χ0) is 15.9. The number of likely N-dealkylation sites (tertiary alicyclic amines) is 1. The Kier molecular flexibility index (Phi) is 4.06. The number of hydrogen-bond acceptors (Lipinski definition) is 3. The van der Waals surface area contributed by atoms with Gasteiger partial charge in [0.1, 0.15) is 0 Å². The summed E-state index contributed by atoms with van der Waals surface area (Å²) >= 11 is 0. The van der Waals surface area contributed by atoms with Crippen molar-refractivity contribution in [3.63, 3.8) is 0 Å². The van der Waals surface area contributed by atoms with Crippen LogP contribution in [-0.2, 0) is 14.4 Å². The van der Waals surface area contributed by atoms with Crippen LogP contribution in [0, 0.1) is 23.7 Å². The van der Waals surface area contributed by atoms with Gasteiger partial charge in [-0.05, 0) is 38.5 Å². The summed E-state index contributed by atoms with van der Waals surface area (Å²) in [6.07, 6.45) is 6.48. The van der Waals surface area contributed by atoms with Gasteiger partial charge < -0.3 is 4.90 Å². The van der Waals surface area contributed by atoms with E-state index in [0.29, 0.717) is 13.1 Å². The lowest BCUT2D eigenvalue weighted by Crippen LogP contribution is -2.38. The van der Waals surface area contributed by atoms with E-state index in [9.17, 15) is 14.4 Å². The lowest BCUT2D eigenvalue weighted by molar-refractivity contribution is -0.141. The Hall–Kier alpha value is -1.65. The molecule has 0 unspecified atom stereocenters. The first-order valence-corrected chi connectivity index (χ1v) is 8.39. The van der Waals surface area contributed by atoms with Crippen LogP contribution in [0.25, 0.3) is 0 Å². The van der Waals surface area contributed by atoms with E-state index >= 15 is 0 Å². The van der Waals surface area contributed by atoms with Gasteiger partial charge in [-0.3, -0.25) is 19.3 Å². The molecule has 3 amide bonds. The highest BCUT2D eigenvalue weighted by molar-refractivity contribution is 6.06. The zero-order valence-electron chi connectivity index (χ0n) is 13.3. The molecule has 3 aliphatic carbocycles. The number of nitrogens with zero attached hydrogens (tertiary/aromatic N) is 2. The maximum Gasteiger partial charge on any atom is 0.233 e. The Morgan fingerprint density at radius 3 is 2.00 bits per heavy atom. The van der Waals surface area contributed by atoms with Crippen LogP contribution in [-0.4, -0.2) is 47.2 Å². The van der Waals surface area contributed by atoms with Crippen molar-refractivity contribution < 1.29 is 14.4 Å². The summed E-state index contributed by atoms with van der Waals surface area (Å²) in [6, 6.07) is 0. The molecule has 4 aliphatic rings. The molecule has 4 atom stereocenters. The molecule has 2 bridgehead atoms. The van der Waals surface area contributed by atoms with Crippen LogP contribution in [0.1, 0.15) is 33.1 Å². The summed E-state index contributed by atoms with van der Waals surface area (Å²) in [6.45, 7) is 5.43. The summed E-state index contributed by atoms with van der Waals surface area (Å²) in [5.74, 6) is 0.00819. The molecule has 2 fully saturated rings. The zero-order valence-corrected chi connectivity index (χ0v) is 13.3. The van der Waals surface area contributed by atoms with Gasteiger partial charge in [0.25, 0.3) is 0 Å². The molecular formula is C17H24N2O3. The van der Waals surface area contributed by atoms with Crippen LogP contribution < -0.4 is 0 Å². The van der Waals surface area contributed by atoms with Gasteiger partial charge in [-0.2, -0.15) is 0 Å². The minimum absolute atomic E-state index is 0.0153. The monoisotopic (exact) mass is 304 g/mol. The number of carbonyl (C=O) groups excluding carboxylic acids is 3. The molecule has 5 nitrogen and oxygen atoms in total. The molecule has 0 N–H and O–H groups in total. The van der Waals surface area contributed by atoms with Crippen LogP contribution in [0.2, 0.25) is 0 Å². The third kappa shape index (κ3) is 2.27. The molecule has 0 aromatic carbocycles. The van der Waals surface area contributed by atoms with E-state index in [1.165, 1.54) is 4.90 Å². The number of amides is 3. The molecule has 1 saturated heterocycles. The van der Waals surface area contributed by atoms with Gasteiger partial charge in [-0.1, -0.05) is 12.2 Å². The van der Waals surface area contributed by atoms with Crippen molar-refractivity contribution in [2.24, 2.45) is 23.7 Å². The van der Waals surface area contributed by atoms with E-state index in [1.54, 1.807) is 4.90 Å². The Bertz CT molecular complexity index is 492. The Labute approximate surface area is 131 Å². The van der Waals surface area contributed by atoms with E-state index < -0.39 is 0 Å². The van der Waals surface area contributed by atoms with Gasteiger partial charge in [0.05, 0.1) is 11.8 Å². The number of allylic oxidation sites excluding steroid dienone is 2. The van der Waals surface area contributed by atoms with E-state index in [2.05, 4.69) is 12.2 Å². The van der Waals surface area contributed by atoms with Crippen molar-refractivity contribution in [2.75, 3.05) is 19.6 Å². The first-order valence-electron chi connectivity index (χ1n) is 8.39. The second-order valence-corrected chi connectivity index (χ2v) is 6.49. The van der Waals surface area contributed by atoms with Crippen LogP contribution in [0.15, 0.2) is 12.2 Å². The predicted molar refractivity (Wildman–Crippen MR) is 81.6 cm³/mol. The molecular weight excluding hydrogens is 280 g/mol. The van der Waals surface area contributed by atoms with Gasteiger partial charge in [0.2, 0.25) is 17.7 Å². The summed E-state index contributed by atoms with van der Waals surface area (Å²) in [7, 11) is 0. The summed E-state index contributed by atoms with van der Waals surface area (Å²) in [5, 5.41) is 0. The number of rotatable bonds is 5. The van der Waals surface area contributed by atoms with E-state index in [1.807, 2.05) is 13.8 Å². The number of imide groups is 1. The molecule has 1 saturated carbocycles. The van der Waals surface area contributed by atoms with E-state index in [0.717, 1.165) is 12.8 Å². The molecule has 0 aromatic rings. The van der Waals surface area contributed by atoms with E-state index in [-0.39, 0.29) is 54.4 Å². The SMILES string of the molecule is CCN(CC)C(=O)CCN1C(=O)[C@@H]2[C@H](C1=O)[C@H]1C=C[C@H]2CC1. The fourth-order valence-corrected chi connectivity index (χ4v) is 4.30. The topological polar surface area (TPSA) is 57.7 Å². The minimum atomic E-state index is -0.167. The van der Waals surface area contributed by atoms with Crippen molar-refractivity contribution in [3.05, 3.63) is 12.2 Å². The van der Waals surface area contributed by atoms with Crippen LogP contribution in [0.4, 0.5) is 0 Å². The van der Waals surface area contributed by atoms with Crippen molar-refractivity contribution in [1.29, 1.82) is 0 Å². The van der Waals surface area contributed by atoms with Crippen molar-refractivity contribution in [2.45, 2.75) is 33.1 Å². The molecule has 4 rings (SSSR count). The molecule has 0 radical (unpaired) electrons. The third-order valence-electron chi connectivity index (χ3n) is 5.52. The van der Waals surface area contributed by atoms with Crippen LogP contribution >= 0.6 is 0 Å². The maximum absolute atomic E-state index is 12.6. The first kappa shape index (κ1) is 15.3. The Balaban J connectivity index is 1.68. The summed E-state index contributed by atoms with van der Waals surface area (Å²) < 4.78 is 0. The highest BCUT2D eigenvalue weighted by atomic mass is 16.2. The second-order valence-electron chi connectivity index (χ2n) is 6.49. The largest absolute Gasteiger partial charge is 0.343 e. The molecule has 120 valence electrons. The summed E-state index contributed by atoms with van der Waals surface area (Å²) in [5.41, 5.74) is 0. The Morgan fingerprint density at radius 2 is 1.59 bits per heavy atom. The summed E-state index contributed by atoms with van der Waals surface area (Å²) in [4.78, 5) is 40.4. The van der Waals surface area contributed by atoms with Gasteiger partial charge in [-0.25, -0.2) is 0 Å². The van der Waals surface area contributed by atoms with Crippen molar-refractivity contribution in [1.82, 2.24) is 9.80 Å². The van der Waals surface area contributed by atoms with E-state index in [4.69, 9.17) is 0 Å². The molecule has 0 spiro atoms. The quantitative estimate of drug-likeness (QED) is 0.570. The smallest absolute Gasteiger partial charge is 0.233 e. The number of carbonyl (C=O) groups is 3. The molecule has 0 aromatic heterocycles. The third-order valence-corrected chi connectivity index (χ3v) is 5.52. The van der Waals surface area contributed by atoms with Crippen LogP contribution in [0.3, 0.4) is 0 Å². The lowest BCUT2D eigenvalue weighted by Gasteiger charge is -2.38. The molecule has 1 heterocycles. The fourth-order valence-electron chi connectivity index (χ4n) is 4.30. The van der Waals surface area contributed by atoms with Crippen LogP contribution in [0.5, 0.6) is 0 Å². The average Bonchev–Trinajstić information content (AvgIpc) is 2.81. The fraction of sp³-hybridized carbons (Fsp3) is 0.706. The van der Waals surface area contributed by atoms with Gasteiger partial charge in [-0.15, -0.1) is 0 Å². The Morgan fingerprint density at radius 1 is 1.09 bits per heavy atom. The predicted octanol–water partition coefficient (Wildman–Crippen LogP) is 1.44. The maximum atomic E-state index is 12.6. The normalized spacial score (nSPS) is 32.5. The lowest BCUT2D eigenvalue weighted by atomic mass is 9.63. The van der Waals surface area contributed by atoms with Gasteiger partial charge in [0.15, 0.2) is 0 Å². The standard InChI is InChI=1S/C17H24N2O3/c1-3-18(4-2)13(20)9-10-19-16(21)14-11-5-6-12(8-7-11)15(14)17(19)22/h5-6,11-12,14-15H,3-4,7-10H2,1-2H3/t11-,12-,14-,15+/m0/s1. The highest BCUT2D eigenvalue weighted by Gasteiger charge is 2.56. The number of hydrogen-bond donors (Lipinski definition) is 0. The van der Waals surface area contributed by atoms with Crippen molar-refractivity contribution >= 4 is 17.7 Å². The first-order chi connectivity index (χ1) is 10.6. The molecule has 1 aliphatic heterocycles. The highest BCUT2D eigenvalue weighted by Crippen LogP contribution is 2.49. The minimum Gasteiger partial charge on any atom is -0.343 e. The molecule has 22 heavy (non-hydrogen) atoms. The number of fused-ring (bicyclic) bond motifs is 1. The van der Waals surface area contributed by atoms with Crippen molar-refractivity contribution in [3.8, 4) is 0 Å². The van der Waals surface area contributed by atoms with Gasteiger partial charge >= 0.3 is 0 Å². The second kappa shape index (κ2) is 5.86.